The van der Waals surface area contributed by atoms with Crippen molar-refractivity contribution in [1.82, 2.24) is 15.2 Å². The third-order valence-corrected chi connectivity index (χ3v) is 2.72. The van der Waals surface area contributed by atoms with E-state index < -0.39 is 0 Å². The van der Waals surface area contributed by atoms with Crippen LogP contribution in [-0.2, 0) is 11.3 Å². The molecule has 1 aliphatic heterocycles. The number of hydrogen-bond donors (Lipinski definition) is 1. The van der Waals surface area contributed by atoms with Gasteiger partial charge in [-0.3, -0.25) is 9.88 Å². The molecular weight excluding hydrogens is 202 g/mol. The van der Waals surface area contributed by atoms with Crippen LogP contribution in [0.4, 0.5) is 0 Å². The van der Waals surface area contributed by atoms with Gasteiger partial charge < -0.3 is 10.1 Å². The third kappa shape index (κ3) is 3.56. The zero-order valence-electron chi connectivity index (χ0n) is 9.72. The molecule has 1 N–H and O–H groups in total. The van der Waals surface area contributed by atoms with Crippen molar-refractivity contribution in [2.45, 2.75) is 12.6 Å². The predicted molar refractivity (Wildman–Crippen MR) is 63.2 cm³/mol. The zero-order valence-corrected chi connectivity index (χ0v) is 9.72. The number of morpholine rings is 1. The molecule has 0 bridgehead atoms. The molecule has 0 saturated carbocycles. The van der Waals surface area contributed by atoms with Gasteiger partial charge in [0.1, 0.15) is 0 Å². The summed E-state index contributed by atoms with van der Waals surface area (Å²) in [5, 5.41) is 3.34. The number of rotatable bonds is 4. The van der Waals surface area contributed by atoms with Crippen LogP contribution in [0.3, 0.4) is 0 Å². The van der Waals surface area contributed by atoms with Gasteiger partial charge in [0.2, 0.25) is 0 Å². The van der Waals surface area contributed by atoms with Crippen molar-refractivity contribution in [1.29, 1.82) is 0 Å². The maximum absolute atomic E-state index is 5.67. The molecule has 1 aliphatic rings. The molecule has 16 heavy (non-hydrogen) atoms. The Balaban J connectivity index is 1.77. The van der Waals surface area contributed by atoms with E-state index >= 15 is 0 Å². The van der Waals surface area contributed by atoms with Crippen molar-refractivity contribution in [2.24, 2.45) is 0 Å². The smallest absolute Gasteiger partial charge is 0.0826 e. The minimum Gasteiger partial charge on any atom is -0.374 e. The highest BCUT2D eigenvalue weighted by molar-refractivity contribution is 5.09. The summed E-state index contributed by atoms with van der Waals surface area (Å²) in [6.07, 6.45) is 3.99. The van der Waals surface area contributed by atoms with Crippen molar-refractivity contribution in [3.8, 4) is 0 Å². The summed E-state index contributed by atoms with van der Waals surface area (Å²) in [5.74, 6) is 0. The van der Waals surface area contributed by atoms with Crippen molar-refractivity contribution in [3.05, 3.63) is 30.1 Å². The molecule has 1 fully saturated rings. The minimum absolute atomic E-state index is 0.320. The van der Waals surface area contributed by atoms with Crippen molar-refractivity contribution in [3.63, 3.8) is 0 Å². The van der Waals surface area contributed by atoms with Crippen molar-refractivity contribution < 1.29 is 4.74 Å². The molecule has 1 saturated heterocycles. The average Bonchev–Trinajstić information content (AvgIpc) is 2.31. The van der Waals surface area contributed by atoms with Crippen LogP contribution >= 0.6 is 0 Å². The molecule has 2 rings (SSSR count). The fourth-order valence-corrected chi connectivity index (χ4v) is 1.95. The maximum Gasteiger partial charge on any atom is 0.0826 e. The molecule has 0 aliphatic carbocycles. The normalized spacial score (nSPS) is 21.2. The van der Waals surface area contributed by atoms with E-state index in [1.807, 2.05) is 12.4 Å². The molecule has 0 amide bonds. The third-order valence-electron chi connectivity index (χ3n) is 2.72. The zero-order chi connectivity index (χ0) is 11.2. The lowest BCUT2D eigenvalue weighted by atomic mass is 10.2. The van der Waals surface area contributed by atoms with Crippen LogP contribution in [0.2, 0.25) is 0 Å². The van der Waals surface area contributed by atoms with Crippen LogP contribution in [-0.4, -0.2) is 49.3 Å². The Morgan fingerprint density at radius 3 is 3.00 bits per heavy atom. The van der Waals surface area contributed by atoms with E-state index in [1.54, 1.807) is 0 Å². The van der Waals surface area contributed by atoms with E-state index in [0.717, 1.165) is 32.8 Å². The standard InChI is InChI=1S/C12H19N3O/c1-15(9-11-2-4-13-5-3-11)10-12-8-14-6-7-16-12/h2-5,12,14H,6-10H2,1H3. The van der Waals surface area contributed by atoms with Gasteiger partial charge in [0, 0.05) is 38.6 Å². The summed E-state index contributed by atoms with van der Waals surface area (Å²) >= 11 is 0. The summed E-state index contributed by atoms with van der Waals surface area (Å²) < 4.78 is 5.67. The second-order valence-corrected chi connectivity index (χ2v) is 4.25. The Bertz CT molecular complexity index is 298. The van der Waals surface area contributed by atoms with Gasteiger partial charge in [0.15, 0.2) is 0 Å². The van der Waals surface area contributed by atoms with Crippen LogP contribution in [0.5, 0.6) is 0 Å². The van der Waals surface area contributed by atoms with Gasteiger partial charge in [-0.2, -0.15) is 0 Å². The first-order chi connectivity index (χ1) is 7.84. The quantitative estimate of drug-likeness (QED) is 0.803. The summed E-state index contributed by atoms with van der Waals surface area (Å²) in [6, 6.07) is 4.10. The van der Waals surface area contributed by atoms with Gasteiger partial charge in [-0.1, -0.05) is 0 Å². The molecule has 88 valence electrons. The Hall–Kier alpha value is -0.970. The number of nitrogens with one attached hydrogen (secondary N) is 1. The monoisotopic (exact) mass is 221 g/mol. The van der Waals surface area contributed by atoms with Gasteiger partial charge in [-0.25, -0.2) is 0 Å². The molecule has 0 radical (unpaired) electrons. The molecule has 1 atom stereocenters. The van der Waals surface area contributed by atoms with Gasteiger partial charge in [0.25, 0.3) is 0 Å². The highest BCUT2D eigenvalue weighted by Gasteiger charge is 2.15. The van der Waals surface area contributed by atoms with Crippen LogP contribution in [0.25, 0.3) is 0 Å². The number of ether oxygens (including phenoxy) is 1. The Morgan fingerprint density at radius 1 is 1.50 bits per heavy atom. The SMILES string of the molecule is CN(Cc1ccncc1)CC1CNCCO1. The molecular formula is C12H19N3O. The predicted octanol–water partition coefficient (Wildman–Crippen LogP) is 0.502. The fourth-order valence-electron chi connectivity index (χ4n) is 1.95. The van der Waals surface area contributed by atoms with Gasteiger partial charge in [-0.05, 0) is 24.7 Å². The lowest BCUT2D eigenvalue weighted by Gasteiger charge is -2.28. The molecule has 4 nitrogen and oxygen atoms in total. The average molecular weight is 221 g/mol. The van der Waals surface area contributed by atoms with E-state index in [1.165, 1.54) is 5.56 Å². The van der Waals surface area contributed by atoms with Crippen LogP contribution < -0.4 is 5.32 Å². The van der Waals surface area contributed by atoms with Crippen LogP contribution in [0.15, 0.2) is 24.5 Å². The summed E-state index contributed by atoms with van der Waals surface area (Å²) in [6.45, 7) is 4.68. The molecule has 2 heterocycles. The number of likely N-dealkylation sites (N-methyl/N-ethyl adjacent to an activating group) is 1. The summed E-state index contributed by atoms with van der Waals surface area (Å²) in [4.78, 5) is 6.30. The minimum atomic E-state index is 0.320. The second-order valence-electron chi connectivity index (χ2n) is 4.25. The van der Waals surface area contributed by atoms with Gasteiger partial charge >= 0.3 is 0 Å². The molecule has 4 heteroatoms. The van der Waals surface area contributed by atoms with E-state index in [2.05, 4.69) is 34.4 Å². The molecule has 1 unspecified atom stereocenters. The first-order valence-corrected chi connectivity index (χ1v) is 5.74. The number of aromatic nitrogens is 1. The Kier molecular flexibility index (Phi) is 4.27. The lowest BCUT2D eigenvalue weighted by molar-refractivity contribution is 0.00884. The summed E-state index contributed by atoms with van der Waals surface area (Å²) in [5.41, 5.74) is 1.29. The first kappa shape index (κ1) is 11.5. The Morgan fingerprint density at radius 2 is 2.31 bits per heavy atom. The van der Waals surface area contributed by atoms with Crippen LogP contribution in [0, 0.1) is 0 Å². The molecule has 0 spiro atoms. The highest BCUT2D eigenvalue weighted by atomic mass is 16.5. The molecule has 1 aromatic heterocycles. The van der Waals surface area contributed by atoms with Crippen molar-refractivity contribution >= 4 is 0 Å². The topological polar surface area (TPSA) is 37.4 Å². The molecule has 0 aromatic carbocycles. The van der Waals surface area contributed by atoms with Crippen LogP contribution in [0.1, 0.15) is 5.56 Å². The number of hydrogen-bond acceptors (Lipinski definition) is 4. The largest absolute Gasteiger partial charge is 0.374 e. The number of nitrogens with zero attached hydrogens (tertiary/aromatic N) is 2. The van der Waals surface area contributed by atoms with Crippen molar-refractivity contribution in [2.75, 3.05) is 33.3 Å². The van der Waals surface area contributed by atoms with Gasteiger partial charge in [-0.15, -0.1) is 0 Å². The van der Waals surface area contributed by atoms with E-state index in [0.29, 0.717) is 6.10 Å². The fraction of sp³-hybridized carbons (Fsp3) is 0.583. The first-order valence-electron chi connectivity index (χ1n) is 5.74. The second kappa shape index (κ2) is 5.94. The Labute approximate surface area is 96.6 Å². The van der Waals surface area contributed by atoms with E-state index in [4.69, 9.17) is 4.74 Å². The number of pyridine rings is 1. The maximum atomic E-state index is 5.67. The summed E-state index contributed by atoms with van der Waals surface area (Å²) in [7, 11) is 2.12. The molecule has 1 aromatic rings. The van der Waals surface area contributed by atoms with Gasteiger partial charge in [0.05, 0.1) is 12.7 Å². The highest BCUT2D eigenvalue weighted by Crippen LogP contribution is 2.04. The van der Waals surface area contributed by atoms with E-state index in [-0.39, 0.29) is 0 Å². The lowest BCUT2D eigenvalue weighted by Crippen LogP contribution is -2.44. The van der Waals surface area contributed by atoms with E-state index in [9.17, 15) is 0 Å².